The Bertz CT molecular complexity index is 929. The van der Waals surface area contributed by atoms with E-state index in [2.05, 4.69) is 19.2 Å². The van der Waals surface area contributed by atoms with Crippen LogP contribution in [0.15, 0.2) is 52.9 Å². The van der Waals surface area contributed by atoms with Gasteiger partial charge in [0, 0.05) is 16.6 Å². The first-order valence-electron chi connectivity index (χ1n) is 8.73. The van der Waals surface area contributed by atoms with Gasteiger partial charge < -0.3 is 15.5 Å². The normalized spacial score (nSPS) is 12.1. The Hall–Kier alpha value is -2.66. The maximum absolute atomic E-state index is 13.1. The third-order valence-corrected chi connectivity index (χ3v) is 4.57. The van der Waals surface area contributed by atoms with Gasteiger partial charge in [0.15, 0.2) is 10.9 Å². The van der Waals surface area contributed by atoms with E-state index in [4.69, 9.17) is 22.4 Å². The number of fused-ring (bicyclic) bond motifs is 1. The van der Waals surface area contributed by atoms with Crippen molar-refractivity contribution in [3.63, 3.8) is 0 Å². The van der Waals surface area contributed by atoms with E-state index < -0.39 is 0 Å². The van der Waals surface area contributed by atoms with Crippen molar-refractivity contribution in [1.82, 2.24) is 0 Å². The average Bonchev–Trinajstić information content (AvgIpc) is 3.05. The molecule has 1 atom stereocenters. The summed E-state index contributed by atoms with van der Waals surface area (Å²) in [7, 11) is 0. The Morgan fingerprint density at radius 3 is 2.69 bits per heavy atom. The zero-order valence-electron chi connectivity index (χ0n) is 14.9. The number of carbonyl (C=O) groups excluding carboxylic acids is 1. The molecule has 1 unspecified atom stereocenters. The van der Waals surface area contributed by atoms with Gasteiger partial charge in [0.2, 0.25) is 5.78 Å². The smallest absolute Gasteiger partial charge is 0.228 e. The van der Waals surface area contributed by atoms with E-state index in [1.54, 1.807) is 6.07 Å². The highest BCUT2D eigenvalue weighted by atomic mass is 32.1. The summed E-state index contributed by atoms with van der Waals surface area (Å²) in [5.41, 5.74) is 8.70. The van der Waals surface area contributed by atoms with Crippen LogP contribution in [0.1, 0.15) is 54.3 Å². The molecule has 0 aliphatic rings. The second-order valence-corrected chi connectivity index (χ2v) is 6.90. The van der Waals surface area contributed by atoms with Gasteiger partial charge in [-0.05, 0) is 60.5 Å². The molecule has 0 amide bonds. The van der Waals surface area contributed by atoms with Crippen molar-refractivity contribution in [2.75, 3.05) is 5.32 Å². The first-order valence-corrected chi connectivity index (χ1v) is 9.14. The maximum Gasteiger partial charge on any atom is 0.228 e. The number of para-hydroxylation sites is 1. The molecule has 3 N–H and O–H groups in total. The highest BCUT2D eigenvalue weighted by Crippen LogP contribution is 2.30. The third kappa shape index (κ3) is 3.78. The first kappa shape index (κ1) is 18.1. The van der Waals surface area contributed by atoms with E-state index in [0.717, 1.165) is 29.5 Å². The number of nitrogens with two attached hydrogens (primary N) is 1. The molecule has 0 saturated carbocycles. The number of rotatable bonds is 6. The summed E-state index contributed by atoms with van der Waals surface area (Å²) in [5.74, 6) is 0.476. The number of nitrogens with one attached hydrogen (secondary N) is 1. The van der Waals surface area contributed by atoms with Crippen LogP contribution in [-0.4, -0.2) is 10.9 Å². The Kier molecular flexibility index (Phi) is 5.38. The molecule has 5 heteroatoms. The molecule has 0 aliphatic heterocycles. The van der Waals surface area contributed by atoms with E-state index >= 15 is 0 Å². The Labute approximate surface area is 158 Å². The van der Waals surface area contributed by atoms with E-state index in [0.29, 0.717) is 16.9 Å². The lowest BCUT2D eigenvalue weighted by Gasteiger charge is -2.17. The number of ketones is 1. The summed E-state index contributed by atoms with van der Waals surface area (Å²) < 4.78 is 5.77. The molecule has 0 saturated heterocycles. The SMILES string of the molecule is CCCC(C)c1cc(NC(N)=S)ccc1C(=O)c1cc2ccccc2o1. The molecule has 134 valence electrons. The van der Waals surface area contributed by atoms with Crippen LogP contribution >= 0.6 is 12.2 Å². The van der Waals surface area contributed by atoms with Crippen LogP contribution < -0.4 is 11.1 Å². The predicted molar refractivity (Wildman–Crippen MR) is 110 cm³/mol. The van der Waals surface area contributed by atoms with Crippen LogP contribution in [0.3, 0.4) is 0 Å². The maximum atomic E-state index is 13.1. The zero-order chi connectivity index (χ0) is 18.7. The summed E-state index contributed by atoms with van der Waals surface area (Å²) >= 11 is 4.92. The van der Waals surface area contributed by atoms with Gasteiger partial charge in [-0.15, -0.1) is 0 Å². The first-order chi connectivity index (χ1) is 12.5. The van der Waals surface area contributed by atoms with Crippen molar-refractivity contribution < 1.29 is 9.21 Å². The molecule has 0 spiro atoms. The van der Waals surface area contributed by atoms with Crippen molar-refractivity contribution in [1.29, 1.82) is 0 Å². The van der Waals surface area contributed by atoms with Crippen LogP contribution in [0.5, 0.6) is 0 Å². The van der Waals surface area contributed by atoms with Gasteiger partial charge in [-0.1, -0.05) is 38.5 Å². The second kappa shape index (κ2) is 7.70. The van der Waals surface area contributed by atoms with Crippen molar-refractivity contribution in [3.05, 3.63) is 65.4 Å². The molecular formula is C21H22N2O2S. The minimum atomic E-state index is -0.110. The molecule has 3 rings (SSSR count). The van der Waals surface area contributed by atoms with Crippen LogP contribution in [0.25, 0.3) is 11.0 Å². The van der Waals surface area contributed by atoms with E-state index in [9.17, 15) is 4.79 Å². The summed E-state index contributed by atoms with van der Waals surface area (Å²) in [6.07, 6.45) is 2.02. The van der Waals surface area contributed by atoms with Gasteiger partial charge in [-0.3, -0.25) is 4.79 Å². The third-order valence-electron chi connectivity index (χ3n) is 4.47. The molecule has 26 heavy (non-hydrogen) atoms. The number of carbonyl (C=O) groups is 1. The Balaban J connectivity index is 2.03. The molecule has 0 aliphatic carbocycles. The van der Waals surface area contributed by atoms with E-state index in [1.165, 1.54) is 0 Å². The molecule has 0 radical (unpaired) electrons. The van der Waals surface area contributed by atoms with Crippen molar-refractivity contribution in [2.45, 2.75) is 32.6 Å². The molecule has 4 nitrogen and oxygen atoms in total. The number of furan rings is 1. The highest BCUT2D eigenvalue weighted by molar-refractivity contribution is 7.80. The number of thiocarbonyl (C=S) groups is 1. The van der Waals surface area contributed by atoms with Crippen LogP contribution in [0, 0.1) is 0 Å². The van der Waals surface area contributed by atoms with Gasteiger partial charge in [0.05, 0.1) is 0 Å². The quantitative estimate of drug-likeness (QED) is 0.462. The fourth-order valence-electron chi connectivity index (χ4n) is 3.21. The topological polar surface area (TPSA) is 68.3 Å². The standard InChI is InChI=1S/C21H22N2O2S/c1-3-6-13(2)17-12-15(23-21(22)26)9-10-16(17)20(24)19-11-14-7-4-5-8-18(14)25-19/h4-5,7-13H,3,6H2,1-2H3,(H3,22,23,26). The Morgan fingerprint density at radius 2 is 2.00 bits per heavy atom. The summed E-state index contributed by atoms with van der Waals surface area (Å²) in [6, 6.07) is 15.0. The van der Waals surface area contributed by atoms with Crippen LogP contribution in [0.4, 0.5) is 5.69 Å². The average molecular weight is 366 g/mol. The summed E-state index contributed by atoms with van der Waals surface area (Å²) in [4.78, 5) is 13.1. The van der Waals surface area contributed by atoms with Gasteiger partial charge in [0.1, 0.15) is 5.58 Å². The summed E-state index contributed by atoms with van der Waals surface area (Å²) in [6.45, 7) is 4.26. The minimum absolute atomic E-state index is 0.110. The Morgan fingerprint density at radius 1 is 1.23 bits per heavy atom. The molecular weight excluding hydrogens is 344 g/mol. The van der Waals surface area contributed by atoms with Crippen LogP contribution in [0.2, 0.25) is 0 Å². The minimum Gasteiger partial charge on any atom is -0.453 e. The molecule has 0 bridgehead atoms. The van der Waals surface area contributed by atoms with Gasteiger partial charge in [0.25, 0.3) is 0 Å². The van der Waals surface area contributed by atoms with Crippen molar-refractivity contribution in [2.24, 2.45) is 5.73 Å². The molecule has 3 aromatic rings. The van der Waals surface area contributed by atoms with E-state index in [1.807, 2.05) is 42.5 Å². The molecule has 1 heterocycles. The monoisotopic (exact) mass is 366 g/mol. The van der Waals surface area contributed by atoms with Gasteiger partial charge in [-0.2, -0.15) is 0 Å². The predicted octanol–water partition coefficient (Wildman–Crippen LogP) is 5.22. The van der Waals surface area contributed by atoms with E-state index in [-0.39, 0.29) is 16.8 Å². The lowest BCUT2D eigenvalue weighted by Crippen LogP contribution is -2.19. The van der Waals surface area contributed by atoms with Crippen molar-refractivity contribution in [3.8, 4) is 0 Å². The largest absolute Gasteiger partial charge is 0.453 e. The number of hydrogen-bond donors (Lipinski definition) is 2. The fraction of sp³-hybridized carbons (Fsp3) is 0.238. The van der Waals surface area contributed by atoms with Crippen LogP contribution in [-0.2, 0) is 0 Å². The second-order valence-electron chi connectivity index (χ2n) is 6.46. The number of hydrogen-bond acceptors (Lipinski definition) is 3. The highest BCUT2D eigenvalue weighted by Gasteiger charge is 2.21. The number of benzene rings is 2. The number of anilines is 1. The zero-order valence-corrected chi connectivity index (χ0v) is 15.7. The van der Waals surface area contributed by atoms with Gasteiger partial charge >= 0.3 is 0 Å². The fourth-order valence-corrected chi connectivity index (χ4v) is 3.33. The lowest BCUT2D eigenvalue weighted by atomic mass is 9.89. The van der Waals surface area contributed by atoms with Gasteiger partial charge in [-0.25, -0.2) is 0 Å². The van der Waals surface area contributed by atoms with Crippen molar-refractivity contribution >= 4 is 39.8 Å². The summed E-state index contributed by atoms with van der Waals surface area (Å²) in [5, 5.41) is 4.07. The molecule has 1 aromatic heterocycles. The molecule has 0 fully saturated rings. The lowest BCUT2D eigenvalue weighted by molar-refractivity contribution is 0.101. The molecule has 2 aromatic carbocycles.